The number of halogens is 2. The van der Waals surface area contributed by atoms with E-state index in [2.05, 4.69) is 0 Å². The summed E-state index contributed by atoms with van der Waals surface area (Å²) in [5.41, 5.74) is 0.801. The topological polar surface area (TPSA) is 70.4 Å². The predicted molar refractivity (Wildman–Crippen MR) is 95.1 cm³/mol. The molecule has 1 aliphatic heterocycles. The van der Waals surface area contributed by atoms with Gasteiger partial charge in [0.25, 0.3) is 0 Å². The first-order chi connectivity index (χ1) is 11.9. The minimum Gasteiger partial charge on any atom is -0.371 e. The highest BCUT2D eigenvalue weighted by Gasteiger charge is 2.33. The maximum absolute atomic E-state index is 12.9. The summed E-state index contributed by atoms with van der Waals surface area (Å²) >= 11 is 12.1. The van der Waals surface area contributed by atoms with E-state index in [-0.39, 0.29) is 30.2 Å². The molecule has 130 valence electrons. The monoisotopic (exact) mass is 396 g/mol. The van der Waals surface area contributed by atoms with Gasteiger partial charge in [-0.3, -0.25) is 0 Å². The molecule has 1 saturated heterocycles. The van der Waals surface area contributed by atoms with Gasteiger partial charge in [-0.25, -0.2) is 8.42 Å². The van der Waals surface area contributed by atoms with Crippen LogP contribution in [0.3, 0.4) is 0 Å². The molecule has 0 bridgehead atoms. The van der Waals surface area contributed by atoms with Crippen molar-refractivity contribution in [1.29, 1.82) is 5.26 Å². The number of hydrogen-bond acceptors (Lipinski definition) is 4. The molecule has 0 radical (unpaired) electrons. The molecule has 1 heterocycles. The molecule has 0 aromatic heterocycles. The van der Waals surface area contributed by atoms with E-state index in [1.165, 1.54) is 16.4 Å². The van der Waals surface area contributed by atoms with E-state index in [1.54, 1.807) is 30.3 Å². The molecule has 2 aromatic rings. The van der Waals surface area contributed by atoms with Crippen LogP contribution in [0.5, 0.6) is 0 Å². The molecule has 0 amide bonds. The second-order valence-corrected chi connectivity index (χ2v) is 8.25. The number of morpholine rings is 1. The van der Waals surface area contributed by atoms with Gasteiger partial charge in [0.15, 0.2) is 0 Å². The van der Waals surface area contributed by atoms with Crippen molar-refractivity contribution in [3.8, 4) is 6.07 Å². The van der Waals surface area contributed by atoms with Crippen molar-refractivity contribution in [1.82, 2.24) is 4.31 Å². The fourth-order valence-electron chi connectivity index (χ4n) is 2.72. The Morgan fingerprint density at radius 1 is 1.20 bits per heavy atom. The largest absolute Gasteiger partial charge is 0.371 e. The maximum Gasteiger partial charge on any atom is 0.244 e. The third-order valence-corrected chi connectivity index (χ3v) is 6.45. The maximum atomic E-state index is 12.9. The van der Waals surface area contributed by atoms with Gasteiger partial charge in [0.1, 0.15) is 6.07 Å². The van der Waals surface area contributed by atoms with Crippen molar-refractivity contribution < 1.29 is 13.2 Å². The van der Waals surface area contributed by atoms with Gasteiger partial charge in [-0.05, 0) is 24.3 Å². The number of benzene rings is 2. The van der Waals surface area contributed by atoms with E-state index < -0.39 is 16.1 Å². The Hall–Kier alpha value is -1.62. The Morgan fingerprint density at radius 2 is 1.96 bits per heavy atom. The lowest BCUT2D eigenvalue weighted by Crippen LogP contribution is -2.42. The van der Waals surface area contributed by atoms with Crippen LogP contribution in [0.25, 0.3) is 0 Å². The van der Waals surface area contributed by atoms with Crippen molar-refractivity contribution >= 4 is 33.2 Å². The Kier molecular flexibility index (Phi) is 5.32. The van der Waals surface area contributed by atoms with E-state index in [0.29, 0.717) is 15.6 Å². The van der Waals surface area contributed by atoms with Crippen molar-refractivity contribution in [2.45, 2.75) is 11.0 Å². The van der Waals surface area contributed by atoms with Crippen LogP contribution in [0.15, 0.2) is 47.4 Å². The van der Waals surface area contributed by atoms with Crippen LogP contribution in [-0.4, -0.2) is 32.4 Å². The summed E-state index contributed by atoms with van der Waals surface area (Å²) in [5.74, 6) is 0. The summed E-state index contributed by atoms with van der Waals surface area (Å²) < 4.78 is 32.9. The lowest BCUT2D eigenvalue weighted by molar-refractivity contribution is -0.00250. The zero-order valence-corrected chi connectivity index (χ0v) is 15.4. The molecule has 2 aromatic carbocycles. The molecule has 8 heteroatoms. The zero-order valence-electron chi connectivity index (χ0n) is 13.0. The first-order valence-corrected chi connectivity index (χ1v) is 9.69. The van der Waals surface area contributed by atoms with Gasteiger partial charge in [-0.15, -0.1) is 0 Å². The molecule has 25 heavy (non-hydrogen) atoms. The standard InChI is InChI=1S/C17H14Cl2N2O3S/c18-13-5-6-14(15(19)9-13)16-11-21(7-8-24-16)25(22,23)17-4-2-1-3-12(17)10-20/h1-6,9,16H,7-8,11H2. The van der Waals surface area contributed by atoms with Gasteiger partial charge in [-0.1, -0.05) is 41.4 Å². The molecule has 0 aliphatic carbocycles. The molecular weight excluding hydrogens is 383 g/mol. The number of nitriles is 1. The van der Waals surface area contributed by atoms with Gasteiger partial charge in [0.05, 0.1) is 23.2 Å². The van der Waals surface area contributed by atoms with E-state index in [9.17, 15) is 13.7 Å². The molecule has 3 rings (SSSR count). The minimum atomic E-state index is -3.81. The van der Waals surface area contributed by atoms with E-state index in [0.717, 1.165) is 0 Å². The summed E-state index contributed by atoms with van der Waals surface area (Å²) in [4.78, 5) is 0.000327. The summed E-state index contributed by atoms with van der Waals surface area (Å²) in [6, 6.07) is 13.1. The number of sulfonamides is 1. The highest BCUT2D eigenvalue weighted by molar-refractivity contribution is 7.89. The molecule has 1 unspecified atom stereocenters. The highest BCUT2D eigenvalue weighted by atomic mass is 35.5. The molecule has 5 nitrogen and oxygen atoms in total. The van der Waals surface area contributed by atoms with Gasteiger partial charge in [-0.2, -0.15) is 9.57 Å². The van der Waals surface area contributed by atoms with Crippen molar-refractivity contribution in [2.75, 3.05) is 19.7 Å². The molecule has 1 fully saturated rings. The lowest BCUT2D eigenvalue weighted by Gasteiger charge is -2.33. The molecule has 1 atom stereocenters. The second-order valence-electron chi connectivity index (χ2n) is 5.50. The van der Waals surface area contributed by atoms with Crippen molar-refractivity contribution in [2.24, 2.45) is 0 Å². The Bertz CT molecular complexity index is 941. The SMILES string of the molecule is N#Cc1ccccc1S(=O)(=O)N1CCOC(c2ccc(Cl)cc2Cl)C1. The van der Waals surface area contributed by atoms with E-state index in [1.807, 2.05) is 6.07 Å². The summed E-state index contributed by atoms with van der Waals surface area (Å²) in [7, 11) is -3.81. The first-order valence-electron chi connectivity index (χ1n) is 7.49. The van der Waals surface area contributed by atoms with Crippen molar-refractivity contribution in [3.63, 3.8) is 0 Å². The van der Waals surface area contributed by atoms with Crippen LogP contribution in [0, 0.1) is 11.3 Å². The first kappa shape index (κ1) is 18.2. The lowest BCUT2D eigenvalue weighted by atomic mass is 10.1. The summed E-state index contributed by atoms with van der Waals surface area (Å²) in [6.45, 7) is 0.560. The van der Waals surface area contributed by atoms with Gasteiger partial charge >= 0.3 is 0 Å². The number of rotatable bonds is 3. The quantitative estimate of drug-likeness (QED) is 0.793. The third-order valence-electron chi connectivity index (χ3n) is 3.96. The molecular formula is C17H14Cl2N2O3S. The van der Waals surface area contributed by atoms with E-state index >= 15 is 0 Å². The normalized spacial score (nSPS) is 18.7. The van der Waals surface area contributed by atoms with Crippen LogP contribution in [0.4, 0.5) is 0 Å². The van der Waals surface area contributed by atoms with Gasteiger partial charge in [0, 0.05) is 28.7 Å². The van der Waals surface area contributed by atoms with Gasteiger partial charge in [0.2, 0.25) is 10.0 Å². The average Bonchev–Trinajstić information content (AvgIpc) is 2.61. The smallest absolute Gasteiger partial charge is 0.244 e. The zero-order chi connectivity index (χ0) is 18.0. The Labute approximate surface area is 156 Å². The van der Waals surface area contributed by atoms with Gasteiger partial charge < -0.3 is 4.74 Å². The Morgan fingerprint density at radius 3 is 2.68 bits per heavy atom. The number of ether oxygens (including phenoxy) is 1. The van der Waals surface area contributed by atoms with Crippen molar-refractivity contribution in [3.05, 3.63) is 63.6 Å². The van der Waals surface area contributed by atoms with E-state index in [4.69, 9.17) is 27.9 Å². The Balaban J connectivity index is 1.92. The average molecular weight is 397 g/mol. The third kappa shape index (κ3) is 3.66. The molecule has 0 N–H and O–H groups in total. The minimum absolute atomic E-state index is 0.000327. The van der Waals surface area contributed by atoms with Crippen LogP contribution >= 0.6 is 23.2 Å². The number of hydrogen-bond donors (Lipinski definition) is 0. The van der Waals surface area contributed by atoms with Crippen LogP contribution in [0.1, 0.15) is 17.2 Å². The predicted octanol–water partition coefficient (Wildman–Crippen LogP) is 3.63. The fourth-order valence-corrected chi connectivity index (χ4v) is 4.81. The fraction of sp³-hybridized carbons (Fsp3) is 0.235. The second kappa shape index (κ2) is 7.32. The molecule has 0 saturated carbocycles. The van der Waals surface area contributed by atoms with Crippen LogP contribution in [-0.2, 0) is 14.8 Å². The van der Waals surface area contributed by atoms with Crippen LogP contribution < -0.4 is 0 Å². The highest BCUT2D eigenvalue weighted by Crippen LogP contribution is 2.32. The number of nitrogens with zero attached hydrogens (tertiary/aromatic N) is 2. The summed E-state index contributed by atoms with van der Waals surface area (Å²) in [6.07, 6.45) is -0.498. The summed E-state index contributed by atoms with van der Waals surface area (Å²) in [5, 5.41) is 10.1. The molecule has 0 spiro atoms. The van der Waals surface area contributed by atoms with Crippen LogP contribution in [0.2, 0.25) is 10.0 Å². The molecule has 1 aliphatic rings.